The molecule has 0 saturated carbocycles. The number of rotatable bonds is 5. The first-order valence-corrected chi connectivity index (χ1v) is 5.70. The van der Waals surface area contributed by atoms with Gasteiger partial charge >= 0.3 is 0 Å². The number of nitrogens with zero attached hydrogens (tertiary/aromatic N) is 3. The number of anilines is 1. The van der Waals surface area contributed by atoms with E-state index in [2.05, 4.69) is 30.3 Å². The molecule has 0 fully saturated rings. The summed E-state index contributed by atoms with van der Waals surface area (Å²) in [6, 6.07) is 2.35. The molecule has 0 aliphatic carbocycles. The van der Waals surface area contributed by atoms with Gasteiger partial charge in [0.1, 0.15) is 17.5 Å². The zero-order chi connectivity index (χ0) is 13.0. The van der Waals surface area contributed by atoms with Crippen molar-refractivity contribution in [1.82, 2.24) is 9.78 Å². The molecule has 1 N–H and O–H groups in total. The van der Waals surface area contributed by atoms with E-state index in [9.17, 15) is 0 Å². The van der Waals surface area contributed by atoms with Crippen molar-refractivity contribution in [3.05, 3.63) is 11.3 Å². The van der Waals surface area contributed by atoms with Crippen LogP contribution < -0.4 is 5.32 Å². The van der Waals surface area contributed by atoms with E-state index in [1.54, 1.807) is 11.8 Å². The summed E-state index contributed by atoms with van der Waals surface area (Å²) in [5, 5.41) is 16.7. The number of hydrogen-bond acceptors (Lipinski definition) is 4. The highest BCUT2D eigenvalue weighted by Gasteiger charge is 2.19. The number of aryl methyl sites for hydroxylation is 2. The molecule has 94 valence electrons. The molecule has 0 saturated heterocycles. The second-order valence-corrected chi connectivity index (χ2v) is 4.49. The molecule has 17 heavy (non-hydrogen) atoms. The molecule has 1 heterocycles. The van der Waals surface area contributed by atoms with Gasteiger partial charge in [0.15, 0.2) is 0 Å². The van der Waals surface area contributed by atoms with Gasteiger partial charge in [0.25, 0.3) is 0 Å². The van der Waals surface area contributed by atoms with Gasteiger partial charge in [-0.2, -0.15) is 10.4 Å². The molecule has 5 nitrogen and oxygen atoms in total. The molecule has 0 amide bonds. The maximum Gasteiger partial charge on any atom is 0.142 e. The van der Waals surface area contributed by atoms with Crippen LogP contribution in [0.25, 0.3) is 0 Å². The van der Waals surface area contributed by atoms with Crippen molar-refractivity contribution in [2.45, 2.75) is 26.8 Å². The van der Waals surface area contributed by atoms with Crippen LogP contribution in [-0.4, -0.2) is 29.5 Å². The number of nitriles is 1. The predicted molar refractivity (Wildman–Crippen MR) is 66.8 cm³/mol. The number of methoxy groups -OCH3 is 1. The normalized spacial score (nSPS) is 12.5. The van der Waals surface area contributed by atoms with E-state index in [1.807, 2.05) is 14.0 Å². The number of nitrogens with one attached hydrogen (secondary N) is 1. The van der Waals surface area contributed by atoms with Gasteiger partial charge in [-0.3, -0.25) is 4.68 Å². The third-order valence-electron chi connectivity index (χ3n) is 2.81. The first-order chi connectivity index (χ1) is 8.01. The van der Waals surface area contributed by atoms with Gasteiger partial charge in [0.2, 0.25) is 0 Å². The van der Waals surface area contributed by atoms with Crippen LogP contribution in [0, 0.1) is 24.2 Å². The van der Waals surface area contributed by atoms with Crippen LogP contribution in [0.1, 0.15) is 25.1 Å². The maximum absolute atomic E-state index is 9.12. The van der Waals surface area contributed by atoms with E-state index >= 15 is 0 Å². The average molecular weight is 236 g/mol. The molecule has 1 rings (SSSR count). The lowest BCUT2D eigenvalue weighted by Gasteiger charge is -2.22. The second kappa shape index (κ2) is 5.69. The summed E-state index contributed by atoms with van der Waals surface area (Å²) >= 11 is 0. The van der Waals surface area contributed by atoms with Crippen LogP contribution in [0.2, 0.25) is 0 Å². The first kappa shape index (κ1) is 13.5. The van der Waals surface area contributed by atoms with Gasteiger partial charge in [-0.05, 0) is 12.8 Å². The van der Waals surface area contributed by atoms with Crippen LogP contribution in [0.4, 0.5) is 5.82 Å². The average Bonchev–Trinajstić information content (AvgIpc) is 2.52. The van der Waals surface area contributed by atoms with E-state index in [1.165, 1.54) is 0 Å². The molecule has 1 aromatic heterocycles. The molecular weight excluding hydrogens is 216 g/mol. The molecule has 1 unspecified atom stereocenters. The van der Waals surface area contributed by atoms with Gasteiger partial charge in [-0.1, -0.05) is 13.8 Å². The molecule has 5 heteroatoms. The van der Waals surface area contributed by atoms with Gasteiger partial charge in [0, 0.05) is 14.2 Å². The third kappa shape index (κ3) is 2.98. The zero-order valence-corrected chi connectivity index (χ0v) is 11.1. The Kier molecular flexibility index (Phi) is 4.53. The molecule has 0 bridgehead atoms. The Bertz CT molecular complexity index is 417. The monoisotopic (exact) mass is 236 g/mol. The third-order valence-corrected chi connectivity index (χ3v) is 2.81. The molecular formula is C12H20N4O. The van der Waals surface area contributed by atoms with Gasteiger partial charge in [-0.25, -0.2) is 0 Å². The Balaban J connectivity index is 2.97. The van der Waals surface area contributed by atoms with Crippen LogP contribution in [0.3, 0.4) is 0 Å². The zero-order valence-electron chi connectivity index (χ0n) is 11.1. The Morgan fingerprint density at radius 2 is 2.18 bits per heavy atom. The molecule has 1 aromatic rings. The SMILES string of the molecule is COCC(Nc1c(C#N)c(C)nn1C)C(C)C. The van der Waals surface area contributed by atoms with Crippen molar-refractivity contribution in [2.24, 2.45) is 13.0 Å². The molecule has 0 aliphatic heterocycles. The fraction of sp³-hybridized carbons (Fsp3) is 0.667. The fourth-order valence-corrected chi connectivity index (χ4v) is 1.71. The fourth-order valence-electron chi connectivity index (χ4n) is 1.71. The lowest BCUT2D eigenvalue weighted by molar-refractivity contribution is 0.171. The minimum atomic E-state index is 0.168. The van der Waals surface area contributed by atoms with Gasteiger partial charge in [0.05, 0.1) is 18.3 Å². The molecule has 0 aromatic carbocycles. The molecule has 0 radical (unpaired) electrons. The largest absolute Gasteiger partial charge is 0.383 e. The van der Waals surface area contributed by atoms with Crippen molar-refractivity contribution in [3.63, 3.8) is 0 Å². The summed E-state index contributed by atoms with van der Waals surface area (Å²) in [5.74, 6) is 1.18. The van der Waals surface area contributed by atoms with Crippen molar-refractivity contribution in [3.8, 4) is 6.07 Å². The number of ether oxygens (including phenoxy) is 1. The standard InChI is InChI=1S/C12H20N4O/c1-8(2)11(7-17-5)14-12-10(6-13)9(3)15-16(12)4/h8,11,14H,7H2,1-5H3. The topological polar surface area (TPSA) is 62.9 Å². The summed E-state index contributed by atoms with van der Waals surface area (Å²) in [6.07, 6.45) is 0. The number of hydrogen-bond donors (Lipinski definition) is 1. The van der Waals surface area contributed by atoms with Crippen LogP contribution in [-0.2, 0) is 11.8 Å². The minimum absolute atomic E-state index is 0.168. The quantitative estimate of drug-likeness (QED) is 0.845. The highest BCUT2D eigenvalue weighted by atomic mass is 16.5. The smallest absolute Gasteiger partial charge is 0.142 e. The van der Waals surface area contributed by atoms with E-state index in [0.717, 1.165) is 11.5 Å². The first-order valence-electron chi connectivity index (χ1n) is 5.70. The summed E-state index contributed by atoms with van der Waals surface area (Å²) < 4.78 is 6.89. The van der Waals surface area contributed by atoms with E-state index < -0.39 is 0 Å². The summed E-state index contributed by atoms with van der Waals surface area (Å²) in [6.45, 7) is 6.68. The van der Waals surface area contributed by atoms with E-state index in [0.29, 0.717) is 18.1 Å². The number of aromatic nitrogens is 2. The Morgan fingerprint density at radius 1 is 1.53 bits per heavy atom. The van der Waals surface area contributed by atoms with E-state index in [-0.39, 0.29) is 6.04 Å². The highest BCUT2D eigenvalue weighted by molar-refractivity contribution is 5.55. The van der Waals surface area contributed by atoms with Crippen molar-refractivity contribution in [2.75, 3.05) is 19.0 Å². The Morgan fingerprint density at radius 3 is 2.65 bits per heavy atom. The lowest BCUT2D eigenvalue weighted by atomic mass is 10.1. The summed E-state index contributed by atoms with van der Waals surface area (Å²) in [5.41, 5.74) is 1.35. The second-order valence-electron chi connectivity index (χ2n) is 4.49. The van der Waals surface area contributed by atoms with Crippen molar-refractivity contribution in [1.29, 1.82) is 5.26 Å². The predicted octanol–water partition coefficient (Wildman–Crippen LogP) is 1.68. The lowest BCUT2D eigenvalue weighted by Crippen LogP contribution is -2.31. The van der Waals surface area contributed by atoms with Crippen molar-refractivity contribution < 1.29 is 4.74 Å². The van der Waals surface area contributed by atoms with Gasteiger partial charge < -0.3 is 10.1 Å². The molecule has 1 atom stereocenters. The maximum atomic E-state index is 9.12. The van der Waals surface area contributed by atoms with Crippen molar-refractivity contribution >= 4 is 5.82 Å². The Hall–Kier alpha value is -1.54. The van der Waals surface area contributed by atoms with Gasteiger partial charge in [-0.15, -0.1) is 0 Å². The minimum Gasteiger partial charge on any atom is -0.383 e. The van der Waals surface area contributed by atoms with Crippen LogP contribution in [0.5, 0.6) is 0 Å². The molecule has 0 aliphatic rings. The van der Waals surface area contributed by atoms with E-state index in [4.69, 9.17) is 10.00 Å². The molecule has 0 spiro atoms. The summed E-state index contributed by atoms with van der Waals surface area (Å²) in [4.78, 5) is 0. The Labute approximate surface area is 102 Å². The summed E-state index contributed by atoms with van der Waals surface area (Å²) in [7, 11) is 3.51. The van der Waals surface area contributed by atoms with Crippen LogP contribution in [0.15, 0.2) is 0 Å². The highest BCUT2D eigenvalue weighted by Crippen LogP contribution is 2.20. The van der Waals surface area contributed by atoms with Crippen LogP contribution >= 0.6 is 0 Å².